The maximum atomic E-state index is 4.61. The van der Waals surface area contributed by atoms with Crippen LogP contribution in [0.4, 0.5) is 11.4 Å². The number of hydrogen-bond acceptors (Lipinski definition) is 4. The lowest BCUT2D eigenvalue weighted by atomic mass is 10.0. The highest BCUT2D eigenvalue weighted by molar-refractivity contribution is 7.99. The van der Waals surface area contributed by atoms with Gasteiger partial charge in [-0.15, -0.1) is 24.4 Å². The fourth-order valence-electron chi connectivity index (χ4n) is 2.97. The number of fused-ring (bicyclic) bond motifs is 3. The summed E-state index contributed by atoms with van der Waals surface area (Å²) < 4.78 is 0. The minimum absolute atomic E-state index is 0.960. The van der Waals surface area contributed by atoms with Crippen molar-refractivity contribution in [2.75, 3.05) is 11.1 Å². The van der Waals surface area contributed by atoms with Crippen molar-refractivity contribution in [2.24, 2.45) is 0 Å². The molecule has 0 atom stereocenters. The van der Waals surface area contributed by atoms with Crippen molar-refractivity contribution in [3.63, 3.8) is 0 Å². The summed E-state index contributed by atoms with van der Waals surface area (Å²) in [7, 11) is 0. The van der Waals surface area contributed by atoms with Crippen molar-refractivity contribution < 1.29 is 0 Å². The van der Waals surface area contributed by atoms with Crippen molar-refractivity contribution in [1.82, 2.24) is 4.98 Å². The Morgan fingerprint density at radius 3 is 3.00 bits per heavy atom. The van der Waals surface area contributed by atoms with Gasteiger partial charge in [0.05, 0.1) is 11.2 Å². The van der Waals surface area contributed by atoms with Gasteiger partial charge in [0.15, 0.2) is 0 Å². The molecule has 0 spiro atoms. The van der Waals surface area contributed by atoms with Crippen LogP contribution in [0.15, 0.2) is 52.4 Å². The van der Waals surface area contributed by atoms with Crippen molar-refractivity contribution >= 4 is 46.7 Å². The Hall–Kier alpha value is -1.65. The van der Waals surface area contributed by atoms with Crippen molar-refractivity contribution in [3.8, 4) is 0 Å². The molecule has 22 heavy (non-hydrogen) atoms. The van der Waals surface area contributed by atoms with Crippen LogP contribution in [0.1, 0.15) is 11.1 Å². The summed E-state index contributed by atoms with van der Waals surface area (Å²) in [6, 6.07) is 12.5. The summed E-state index contributed by atoms with van der Waals surface area (Å²) in [4.78, 5) is 6.97. The number of nitrogens with one attached hydrogen (secondary N) is 1. The van der Waals surface area contributed by atoms with E-state index in [1.54, 1.807) is 0 Å². The van der Waals surface area contributed by atoms with Crippen molar-refractivity contribution in [3.05, 3.63) is 53.7 Å². The number of thiol groups is 1. The second kappa shape index (κ2) is 5.52. The van der Waals surface area contributed by atoms with E-state index < -0.39 is 0 Å². The summed E-state index contributed by atoms with van der Waals surface area (Å²) in [6.45, 7) is 2.11. The van der Waals surface area contributed by atoms with Gasteiger partial charge in [0.2, 0.25) is 0 Å². The molecule has 0 saturated carbocycles. The lowest BCUT2D eigenvalue weighted by molar-refractivity contribution is 1.16. The van der Waals surface area contributed by atoms with E-state index in [-0.39, 0.29) is 0 Å². The van der Waals surface area contributed by atoms with Crippen LogP contribution in [0.5, 0.6) is 0 Å². The van der Waals surface area contributed by atoms with Crippen molar-refractivity contribution in [1.29, 1.82) is 0 Å². The van der Waals surface area contributed by atoms with Gasteiger partial charge in [0, 0.05) is 32.8 Å². The van der Waals surface area contributed by atoms with E-state index in [0.29, 0.717) is 0 Å². The first kappa shape index (κ1) is 14.0. The van der Waals surface area contributed by atoms with Gasteiger partial charge in [-0.3, -0.25) is 4.98 Å². The van der Waals surface area contributed by atoms with E-state index >= 15 is 0 Å². The first-order valence-corrected chi connectivity index (χ1v) is 8.76. The Kier molecular flexibility index (Phi) is 3.51. The van der Waals surface area contributed by atoms with Gasteiger partial charge >= 0.3 is 0 Å². The van der Waals surface area contributed by atoms with Gasteiger partial charge < -0.3 is 5.32 Å². The minimum atomic E-state index is 0.960. The first-order valence-electron chi connectivity index (χ1n) is 7.32. The summed E-state index contributed by atoms with van der Waals surface area (Å²) in [5.41, 5.74) is 5.90. The standard InChI is InChI=1S/C18H16N2S2/c1-11-10-19-15-5-6-16-14(7-8-22-16)17(15)18(11)20-12-3-2-4-13(21)9-12/h2-6,9-10,21H,7-8H2,1H3,(H,19,20). The average Bonchev–Trinajstić information content (AvgIpc) is 2.98. The number of hydrogen-bond donors (Lipinski definition) is 2. The molecule has 0 fully saturated rings. The predicted octanol–water partition coefficient (Wildman–Crippen LogP) is 5.22. The van der Waals surface area contributed by atoms with E-state index in [1.807, 2.05) is 36.2 Å². The molecular weight excluding hydrogens is 308 g/mol. The maximum Gasteiger partial charge on any atom is 0.0726 e. The van der Waals surface area contributed by atoms with Crippen LogP contribution in [0.25, 0.3) is 10.9 Å². The van der Waals surface area contributed by atoms with Gasteiger partial charge in [-0.1, -0.05) is 6.07 Å². The molecule has 2 aromatic carbocycles. The summed E-state index contributed by atoms with van der Waals surface area (Å²) in [5.74, 6) is 1.16. The van der Waals surface area contributed by atoms with Gasteiger partial charge in [-0.05, 0) is 54.8 Å². The Morgan fingerprint density at radius 1 is 1.23 bits per heavy atom. The molecular formula is C18H16N2S2. The van der Waals surface area contributed by atoms with E-state index in [2.05, 4.69) is 48.1 Å². The Bertz CT molecular complexity index is 874. The number of thioether (sulfide) groups is 1. The maximum absolute atomic E-state index is 4.61. The number of nitrogens with zero attached hydrogens (tertiary/aromatic N) is 1. The van der Waals surface area contributed by atoms with E-state index in [0.717, 1.165) is 28.3 Å². The van der Waals surface area contributed by atoms with Crippen LogP contribution in [0.2, 0.25) is 0 Å². The predicted molar refractivity (Wildman–Crippen MR) is 97.9 cm³/mol. The first-order chi connectivity index (χ1) is 10.7. The molecule has 0 bridgehead atoms. The summed E-state index contributed by atoms with van der Waals surface area (Å²) >= 11 is 6.37. The van der Waals surface area contributed by atoms with Crippen LogP contribution in [-0.2, 0) is 6.42 Å². The zero-order chi connectivity index (χ0) is 15.1. The molecule has 1 aliphatic rings. The van der Waals surface area contributed by atoms with Gasteiger partial charge in [-0.25, -0.2) is 0 Å². The normalized spacial score (nSPS) is 13.4. The third-order valence-corrected chi connectivity index (χ3v) is 5.39. The highest BCUT2D eigenvalue weighted by Gasteiger charge is 2.18. The van der Waals surface area contributed by atoms with Crippen LogP contribution in [0, 0.1) is 6.92 Å². The number of rotatable bonds is 2. The molecule has 3 aromatic rings. The Labute approximate surface area is 139 Å². The second-order valence-electron chi connectivity index (χ2n) is 5.53. The molecule has 0 aliphatic carbocycles. The second-order valence-corrected chi connectivity index (χ2v) is 7.18. The van der Waals surface area contributed by atoms with E-state index in [9.17, 15) is 0 Å². The molecule has 0 saturated heterocycles. The molecule has 1 N–H and O–H groups in total. The van der Waals surface area contributed by atoms with Crippen LogP contribution < -0.4 is 5.32 Å². The molecule has 4 rings (SSSR count). The lowest BCUT2D eigenvalue weighted by Gasteiger charge is -2.15. The van der Waals surface area contributed by atoms with Crippen LogP contribution >= 0.6 is 24.4 Å². The zero-order valence-electron chi connectivity index (χ0n) is 12.3. The van der Waals surface area contributed by atoms with Crippen LogP contribution in [0.3, 0.4) is 0 Å². The molecule has 1 aromatic heterocycles. The summed E-state index contributed by atoms with van der Waals surface area (Å²) in [6.07, 6.45) is 3.06. The summed E-state index contributed by atoms with van der Waals surface area (Å²) in [5, 5.41) is 4.86. The van der Waals surface area contributed by atoms with Gasteiger partial charge in [0.1, 0.15) is 0 Å². The fraction of sp³-hybridized carbons (Fsp3) is 0.167. The van der Waals surface area contributed by atoms with E-state index in [1.165, 1.54) is 27.1 Å². The topological polar surface area (TPSA) is 24.9 Å². The number of aromatic nitrogens is 1. The largest absolute Gasteiger partial charge is 0.355 e. The average molecular weight is 324 g/mol. The molecule has 2 nitrogen and oxygen atoms in total. The molecule has 110 valence electrons. The Morgan fingerprint density at radius 2 is 2.14 bits per heavy atom. The van der Waals surface area contributed by atoms with E-state index in [4.69, 9.17) is 0 Å². The molecule has 2 heterocycles. The quantitative estimate of drug-likeness (QED) is 0.632. The number of pyridine rings is 1. The molecule has 0 amide bonds. The molecule has 4 heteroatoms. The highest BCUT2D eigenvalue weighted by atomic mass is 32.2. The fourth-order valence-corrected chi connectivity index (χ4v) is 4.26. The smallest absolute Gasteiger partial charge is 0.0726 e. The number of benzene rings is 2. The zero-order valence-corrected chi connectivity index (χ0v) is 14.0. The SMILES string of the molecule is Cc1cnc2ccc3c(c2c1Nc1cccc(S)c1)CCS3. The minimum Gasteiger partial charge on any atom is -0.355 e. The molecule has 0 unspecified atom stereocenters. The Balaban J connectivity index is 1.92. The van der Waals surface area contributed by atoms with Gasteiger partial charge in [0.25, 0.3) is 0 Å². The lowest BCUT2D eigenvalue weighted by Crippen LogP contribution is -1.98. The van der Waals surface area contributed by atoms with Gasteiger partial charge in [-0.2, -0.15) is 0 Å². The molecule has 0 radical (unpaired) electrons. The van der Waals surface area contributed by atoms with Crippen LogP contribution in [-0.4, -0.2) is 10.7 Å². The highest BCUT2D eigenvalue weighted by Crippen LogP contribution is 2.40. The van der Waals surface area contributed by atoms with Crippen molar-refractivity contribution in [2.45, 2.75) is 23.1 Å². The molecule has 1 aliphatic heterocycles. The number of anilines is 2. The third-order valence-electron chi connectivity index (χ3n) is 4.01. The third kappa shape index (κ3) is 2.36. The number of aryl methyl sites for hydroxylation is 2. The monoisotopic (exact) mass is 324 g/mol.